The Labute approximate surface area is 103 Å². The lowest BCUT2D eigenvalue weighted by atomic mass is 10.3. The zero-order valence-corrected chi connectivity index (χ0v) is 11.1. The molecule has 0 bridgehead atoms. The second kappa shape index (κ2) is 7.06. The maximum atomic E-state index is 5.18. The lowest BCUT2D eigenvalue weighted by Crippen LogP contribution is -2.19. The first-order valence-corrected chi connectivity index (χ1v) is 5.98. The number of anilines is 2. The fourth-order valence-electron chi connectivity index (χ4n) is 1.31. The van der Waals surface area contributed by atoms with Crippen molar-refractivity contribution in [1.82, 2.24) is 9.97 Å². The van der Waals surface area contributed by atoms with Crippen LogP contribution < -0.4 is 10.2 Å². The first-order valence-electron chi connectivity index (χ1n) is 5.98. The molecule has 0 aliphatic rings. The Morgan fingerprint density at radius 3 is 2.94 bits per heavy atom. The molecule has 0 saturated heterocycles. The van der Waals surface area contributed by atoms with Crippen molar-refractivity contribution in [3.05, 3.63) is 12.3 Å². The molecule has 0 saturated carbocycles. The van der Waals surface area contributed by atoms with E-state index >= 15 is 0 Å². The van der Waals surface area contributed by atoms with E-state index in [0.717, 1.165) is 25.3 Å². The molecule has 1 atom stereocenters. The van der Waals surface area contributed by atoms with Gasteiger partial charge in [-0.2, -0.15) is 4.98 Å². The molecule has 0 aromatic carbocycles. The van der Waals surface area contributed by atoms with Gasteiger partial charge in [0.05, 0.1) is 6.10 Å². The van der Waals surface area contributed by atoms with Crippen molar-refractivity contribution >= 4 is 11.8 Å². The van der Waals surface area contributed by atoms with Crippen LogP contribution in [0.4, 0.5) is 11.8 Å². The number of nitrogens with one attached hydrogen (secondary N) is 1. The van der Waals surface area contributed by atoms with Gasteiger partial charge in [-0.3, -0.25) is 0 Å². The third kappa shape index (κ3) is 4.56. The molecule has 1 N–H and O–H groups in total. The fraction of sp³-hybridized carbons (Fsp3) is 0.667. The van der Waals surface area contributed by atoms with Gasteiger partial charge in [0, 0.05) is 33.4 Å². The summed E-state index contributed by atoms with van der Waals surface area (Å²) in [6.07, 6.45) is 2.97. The highest BCUT2D eigenvalue weighted by Gasteiger charge is 2.03. The van der Waals surface area contributed by atoms with Crippen molar-refractivity contribution in [3.8, 4) is 0 Å². The first-order chi connectivity index (χ1) is 8.17. The maximum Gasteiger partial charge on any atom is 0.224 e. The van der Waals surface area contributed by atoms with Crippen LogP contribution in [0.25, 0.3) is 0 Å². The van der Waals surface area contributed by atoms with Gasteiger partial charge in [0.15, 0.2) is 0 Å². The molecule has 5 heteroatoms. The molecule has 5 nitrogen and oxygen atoms in total. The molecule has 0 radical (unpaired) electrons. The van der Waals surface area contributed by atoms with Crippen molar-refractivity contribution in [3.63, 3.8) is 0 Å². The molecule has 0 amide bonds. The summed E-state index contributed by atoms with van der Waals surface area (Å²) >= 11 is 0. The summed E-state index contributed by atoms with van der Waals surface area (Å²) in [4.78, 5) is 10.7. The smallest absolute Gasteiger partial charge is 0.224 e. The number of rotatable bonds is 7. The Morgan fingerprint density at radius 2 is 2.29 bits per heavy atom. The van der Waals surface area contributed by atoms with E-state index in [0.29, 0.717) is 5.95 Å². The summed E-state index contributed by atoms with van der Waals surface area (Å²) in [6, 6.07) is 1.91. The standard InChI is InChI=1S/C12H22N4O/c1-5-16(3)11-7-9-14-12(15-11)13-8-6-10(2)17-4/h7,9-10H,5-6,8H2,1-4H3,(H,13,14,15). The van der Waals surface area contributed by atoms with Crippen molar-refractivity contribution in [2.45, 2.75) is 26.4 Å². The van der Waals surface area contributed by atoms with Crippen LogP contribution >= 0.6 is 0 Å². The van der Waals surface area contributed by atoms with Gasteiger partial charge < -0.3 is 15.0 Å². The van der Waals surface area contributed by atoms with Crippen LogP contribution in [0.2, 0.25) is 0 Å². The lowest BCUT2D eigenvalue weighted by molar-refractivity contribution is 0.114. The van der Waals surface area contributed by atoms with E-state index in [1.807, 2.05) is 20.0 Å². The second-order valence-corrected chi connectivity index (χ2v) is 4.01. The average Bonchev–Trinajstić information content (AvgIpc) is 2.38. The summed E-state index contributed by atoms with van der Waals surface area (Å²) in [5.74, 6) is 1.61. The van der Waals surface area contributed by atoms with Crippen molar-refractivity contribution in [1.29, 1.82) is 0 Å². The molecule has 1 aromatic heterocycles. The molecule has 0 aliphatic heterocycles. The van der Waals surface area contributed by atoms with Crippen LogP contribution in [0.15, 0.2) is 12.3 Å². The van der Waals surface area contributed by atoms with Crippen LogP contribution in [-0.2, 0) is 4.74 Å². The Hall–Kier alpha value is -1.36. The lowest BCUT2D eigenvalue weighted by Gasteiger charge is -2.16. The van der Waals surface area contributed by atoms with E-state index in [-0.39, 0.29) is 6.10 Å². The summed E-state index contributed by atoms with van der Waals surface area (Å²) in [5, 5.41) is 3.20. The monoisotopic (exact) mass is 238 g/mol. The molecule has 96 valence electrons. The van der Waals surface area contributed by atoms with E-state index in [2.05, 4.69) is 27.1 Å². The predicted molar refractivity (Wildman–Crippen MR) is 70.6 cm³/mol. The molecule has 1 unspecified atom stereocenters. The molecule has 17 heavy (non-hydrogen) atoms. The van der Waals surface area contributed by atoms with Crippen molar-refractivity contribution < 1.29 is 4.74 Å². The van der Waals surface area contributed by atoms with Crippen LogP contribution in [0.3, 0.4) is 0 Å². The first kappa shape index (κ1) is 13.7. The van der Waals surface area contributed by atoms with Gasteiger partial charge in [-0.05, 0) is 26.3 Å². The number of methoxy groups -OCH3 is 1. The number of ether oxygens (including phenoxy) is 1. The third-order valence-electron chi connectivity index (χ3n) is 2.74. The molecule has 0 aliphatic carbocycles. The van der Waals surface area contributed by atoms with Gasteiger partial charge in [-0.15, -0.1) is 0 Å². The van der Waals surface area contributed by atoms with Crippen molar-refractivity contribution in [2.24, 2.45) is 0 Å². The van der Waals surface area contributed by atoms with Gasteiger partial charge in [0.25, 0.3) is 0 Å². The molecule has 1 aromatic rings. The van der Waals surface area contributed by atoms with Crippen LogP contribution in [0, 0.1) is 0 Å². The molecule has 0 fully saturated rings. The van der Waals surface area contributed by atoms with Gasteiger partial charge >= 0.3 is 0 Å². The van der Waals surface area contributed by atoms with Crippen LogP contribution in [-0.4, -0.2) is 43.3 Å². The summed E-state index contributed by atoms with van der Waals surface area (Å²) in [6.45, 7) is 5.88. The Morgan fingerprint density at radius 1 is 1.53 bits per heavy atom. The van der Waals surface area contributed by atoms with Gasteiger partial charge in [0.1, 0.15) is 5.82 Å². The highest BCUT2D eigenvalue weighted by Crippen LogP contribution is 2.09. The van der Waals surface area contributed by atoms with E-state index in [1.165, 1.54) is 0 Å². The molecule has 1 heterocycles. The summed E-state index contributed by atoms with van der Waals surface area (Å²) in [7, 11) is 3.73. The number of hydrogen-bond donors (Lipinski definition) is 1. The fourth-order valence-corrected chi connectivity index (χ4v) is 1.31. The quantitative estimate of drug-likeness (QED) is 0.784. The van der Waals surface area contributed by atoms with Gasteiger partial charge in [-0.1, -0.05) is 0 Å². The Balaban J connectivity index is 2.48. The SMILES string of the molecule is CCN(C)c1ccnc(NCCC(C)OC)n1. The maximum absolute atomic E-state index is 5.18. The van der Waals surface area contributed by atoms with E-state index in [4.69, 9.17) is 4.74 Å². The normalized spacial score (nSPS) is 12.2. The number of nitrogens with zero attached hydrogens (tertiary/aromatic N) is 3. The minimum Gasteiger partial charge on any atom is -0.382 e. The topological polar surface area (TPSA) is 50.3 Å². The molecular formula is C12H22N4O. The minimum atomic E-state index is 0.254. The Bertz CT molecular complexity index is 332. The van der Waals surface area contributed by atoms with Crippen molar-refractivity contribution in [2.75, 3.05) is 37.5 Å². The van der Waals surface area contributed by atoms with E-state index in [1.54, 1.807) is 13.3 Å². The minimum absolute atomic E-state index is 0.254. The largest absolute Gasteiger partial charge is 0.382 e. The second-order valence-electron chi connectivity index (χ2n) is 4.01. The molecule has 1 rings (SSSR count). The molecular weight excluding hydrogens is 216 g/mol. The van der Waals surface area contributed by atoms with Gasteiger partial charge in [-0.25, -0.2) is 4.98 Å². The van der Waals surface area contributed by atoms with Crippen LogP contribution in [0.5, 0.6) is 0 Å². The van der Waals surface area contributed by atoms with E-state index < -0.39 is 0 Å². The zero-order chi connectivity index (χ0) is 12.7. The van der Waals surface area contributed by atoms with Crippen LogP contribution in [0.1, 0.15) is 20.3 Å². The summed E-state index contributed by atoms with van der Waals surface area (Å²) in [5.41, 5.74) is 0. The van der Waals surface area contributed by atoms with Gasteiger partial charge in [0.2, 0.25) is 5.95 Å². The summed E-state index contributed by atoms with van der Waals surface area (Å²) < 4.78 is 5.18. The highest BCUT2D eigenvalue weighted by atomic mass is 16.5. The number of hydrogen-bond acceptors (Lipinski definition) is 5. The Kier molecular flexibility index (Phi) is 5.69. The zero-order valence-electron chi connectivity index (χ0n) is 11.1. The number of aromatic nitrogens is 2. The highest BCUT2D eigenvalue weighted by molar-refractivity contribution is 5.41. The molecule has 0 spiro atoms. The third-order valence-corrected chi connectivity index (χ3v) is 2.74. The van der Waals surface area contributed by atoms with E-state index in [9.17, 15) is 0 Å². The average molecular weight is 238 g/mol. The predicted octanol–water partition coefficient (Wildman–Crippen LogP) is 1.77.